The number of likely N-dealkylation sites (tertiary alicyclic amines) is 1. The minimum absolute atomic E-state index is 0.0279. The van der Waals surface area contributed by atoms with Gasteiger partial charge in [0.1, 0.15) is 11.4 Å². The Morgan fingerprint density at radius 3 is 2.46 bits per heavy atom. The number of carbonyl (C=O) groups is 3. The van der Waals surface area contributed by atoms with Crippen LogP contribution >= 0.6 is 0 Å². The molecule has 1 aliphatic heterocycles. The summed E-state index contributed by atoms with van der Waals surface area (Å²) in [6, 6.07) is 4.10. The van der Waals surface area contributed by atoms with Crippen molar-refractivity contribution in [3.8, 4) is 5.75 Å². The summed E-state index contributed by atoms with van der Waals surface area (Å²) in [5.74, 6) is -0.995. The minimum atomic E-state index is -0.615. The Morgan fingerprint density at radius 2 is 1.89 bits per heavy atom. The van der Waals surface area contributed by atoms with Crippen LogP contribution in [0.25, 0.3) is 0 Å². The highest BCUT2D eigenvalue weighted by molar-refractivity contribution is 6.06. The van der Waals surface area contributed by atoms with Crippen molar-refractivity contribution in [2.45, 2.75) is 12.8 Å². The molecule has 1 saturated heterocycles. The van der Waals surface area contributed by atoms with E-state index in [0.29, 0.717) is 5.75 Å². The van der Waals surface area contributed by atoms with Crippen LogP contribution in [0.15, 0.2) is 30.4 Å². The van der Waals surface area contributed by atoms with Gasteiger partial charge in [0, 0.05) is 13.0 Å². The number of nitrogens with zero attached hydrogens (tertiary/aromatic N) is 2. The molecule has 3 amide bonds. The molecule has 4 atom stereocenters. The lowest BCUT2D eigenvalue weighted by atomic mass is 9.85. The molecule has 28 heavy (non-hydrogen) atoms. The SMILES string of the molecule is COc1ccc(NC(=O)CCN2C(=O)C3C4C=CC(C4)C3C2=O)c([N+](=O)[O-])c1. The summed E-state index contributed by atoms with van der Waals surface area (Å²) >= 11 is 0. The quantitative estimate of drug-likeness (QED) is 0.345. The number of ether oxygens (including phenoxy) is 1. The third-order valence-corrected chi connectivity index (χ3v) is 5.80. The number of nitro groups is 1. The predicted octanol–water partition coefficient (Wildman–Crippen LogP) is 1.74. The van der Waals surface area contributed by atoms with Gasteiger partial charge in [-0.2, -0.15) is 0 Å². The van der Waals surface area contributed by atoms with Crippen LogP contribution in [0.5, 0.6) is 5.75 Å². The van der Waals surface area contributed by atoms with Gasteiger partial charge in [-0.1, -0.05) is 12.2 Å². The van der Waals surface area contributed by atoms with Crippen molar-refractivity contribution in [2.24, 2.45) is 23.7 Å². The van der Waals surface area contributed by atoms with E-state index in [2.05, 4.69) is 5.32 Å². The third kappa shape index (κ3) is 2.83. The Bertz CT molecular complexity index is 881. The number of imide groups is 1. The number of carbonyl (C=O) groups excluding carboxylic acids is 3. The summed E-state index contributed by atoms with van der Waals surface area (Å²) in [4.78, 5) is 49.2. The summed E-state index contributed by atoms with van der Waals surface area (Å²) in [6.07, 6.45) is 4.75. The first-order chi connectivity index (χ1) is 13.4. The number of anilines is 1. The third-order valence-electron chi connectivity index (χ3n) is 5.80. The van der Waals surface area contributed by atoms with Crippen LogP contribution in [-0.2, 0) is 14.4 Å². The number of nitro benzene ring substituents is 1. The second-order valence-electron chi connectivity index (χ2n) is 7.27. The van der Waals surface area contributed by atoms with Crippen LogP contribution in [0.2, 0.25) is 0 Å². The largest absolute Gasteiger partial charge is 0.496 e. The summed E-state index contributed by atoms with van der Waals surface area (Å²) in [5, 5.41) is 13.7. The van der Waals surface area contributed by atoms with Crippen molar-refractivity contribution < 1.29 is 24.0 Å². The minimum Gasteiger partial charge on any atom is -0.496 e. The molecule has 0 radical (unpaired) electrons. The van der Waals surface area contributed by atoms with E-state index in [1.54, 1.807) is 0 Å². The number of fused-ring (bicyclic) bond motifs is 5. The molecule has 146 valence electrons. The van der Waals surface area contributed by atoms with Crippen LogP contribution in [0.3, 0.4) is 0 Å². The number of hydrogen-bond donors (Lipinski definition) is 1. The van der Waals surface area contributed by atoms with Crippen molar-refractivity contribution >= 4 is 29.1 Å². The summed E-state index contributed by atoms with van der Waals surface area (Å²) in [5.41, 5.74) is -0.257. The Kier molecular flexibility index (Phi) is 4.37. The summed E-state index contributed by atoms with van der Waals surface area (Å²) in [7, 11) is 1.39. The lowest BCUT2D eigenvalue weighted by molar-refractivity contribution is -0.384. The van der Waals surface area contributed by atoms with Gasteiger partial charge in [0.05, 0.1) is 29.9 Å². The maximum atomic E-state index is 12.6. The molecule has 1 saturated carbocycles. The molecule has 2 aliphatic carbocycles. The van der Waals surface area contributed by atoms with E-state index >= 15 is 0 Å². The standard InChI is InChI=1S/C19H19N3O6/c1-28-12-4-5-13(14(9-12)22(26)27)20-15(23)6-7-21-18(24)16-10-2-3-11(8-10)17(16)19(21)25/h2-5,9-11,16-17H,6-8H2,1H3,(H,20,23). The van der Waals surface area contributed by atoms with Crippen LogP contribution in [0, 0.1) is 33.8 Å². The molecule has 2 bridgehead atoms. The molecular formula is C19H19N3O6. The molecule has 9 heteroatoms. The van der Waals surface area contributed by atoms with Gasteiger partial charge in [-0.25, -0.2) is 0 Å². The molecule has 1 aromatic carbocycles. The molecule has 0 spiro atoms. The van der Waals surface area contributed by atoms with Gasteiger partial charge in [0.15, 0.2) is 0 Å². The summed E-state index contributed by atoms with van der Waals surface area (Å²) < 4.78 is 4.96. The zero-order valence-electron chi connectivity index (χ0n) is 15.2. The second-order valence-corrected chi connectivity index (χ2v) is 7.27. The van der Waals surface area contributed by atoms with Crippen molar-refractivity contribution in [1.29, 1.82) is 0 Å². The van der Waals surface area contributed by atoms with E-state index in [1.807, 2.05) is 12.2 Å². The number of amides is 3. The van der Waals surface area contributed by atoms with Crippen molar-refractivity contribution in [1.82, 2.24) is 4.90 Å². The molecule has 4 unspecified atom stereocenters. The molecule has 0 aromatic heterocycles. The molecule has 9 nitrogen and oxygen atoms in total. The first-order valence-corrected chi connectivity index (χ1v) is 9.06. The average molecular weight is 385 g/mol. The van der Waals surface area contributed by atoms with Gasteiger partial charge in [-0.15, -0.1) is 0 Å². The highest BCUT2D eigenvalue weighted by atomic mass is 16.6. The van der Waals surface area contributed by atoms with Gasteiger partial charge in [0.2, 0.25) is 17.7 Å². The average Bonchev–Trinajstić information content (AvgIpc) is 3.35. The molecule has 3 aliphatic rings. The molecular weight excluding hydrogens is 366 g/mol. The molecule has 1 N–H and O–H groups in total. The van der Waals surface area contributed by atoms with Crippen LogP contribution < -0.4 is 10.1 Å². The van der Waals surface area contributed by atoms with Gasteiger partial charge in [-0.3, -0.25) is 29.4 Å². The monoisotopic (exact) mass is 385 g/mol. The normalized spacial score (nSPS) is 27.2. The molecule has 2 fully saturated rings. The van der Waals surface area contributed by atoms with Crippen LogP contribution in [0.1, 0.15) is 12.8 Å². The molecule has 1 aromatic rings. The maximum absolute atomic E-state index is 12.6. The number of nitrogens with one attached hydrogen (secondary N) is 1. The number of methoxy groups -OCH3 is 1. The van der Waals surface area contributed by atoms with Gasteiger partial charge < -0.3 is 10.1 Å². The zero-order chi connectivity index (χ0) is 20.0. The number of rotatable bonds is 6. The fraction of sp³-hybridized carbons (Fsp3) is 0.421. The Labute approximate surface area is 160 Å². The van der Waals surface area contributed by atoms with Gasteiger partial charge >= 0.3 is 0 Å². The van der Waals surface area contributed by atoms with Crippen molar-refractivity contribution in [2.75, 3.05) is 19.0 Å². The lowest BCUT2D eigenvalue weighted by Gasteiger charge is -2.17. The van der Waals surface area contributed by atoms with Crippen molar-refractivity contribution in [3.63, 3.8) is 0 Å². The number of hydrogen-bond acceptors (Lipinski definition) is 6. The molecule has 1 heterocycles. The summed E-state index contributed by atoms with van der Waals surface area (Å²) in [6.45, 7) is -0.0279. The number of benzene rings is 1. The zero-order valence-corrected chi connectivity index (χ0v) is 15.2. The van der Waals surface area contributed by atoms with E-state index in [9.17, 15) is 24.5 Å². The lowest BCUT2D eigenvalue weighted by Crippen LogP contribution is -2.35. The topological polar surface area (TPSA) is 119 Å². The van der Waals surface area contributed by atoms with Crippen molar-refractivity contribution in [3.05, 3.63) is 40.5 Å². The fourth-order valence-electron chi connectivity index (χ4n) is 4.51. The second kappa shape index (κ2) is 6.74. The van der Waals surface area contributed by atoms with Gasteiger partial charge in [-0.05, 0) is 30.4 Å². The van der Waals surface area contributed by atoms with Crippen LogP contribution in [0.4, 0.5) is 11.4 Å². The maximum Gasteiger partial charge on any atom is 0.296 e. The van der Waals surface area contributed by atoms with E-state index in [1.165, 1.54) is 30.2 Å². The Balaban J connectivity index is 1.40. The first-order valence-electron chi connectivity index (χ1n) is 9.06. The van der Waals surface area contributed by atoms with E-state index < -0.39 is 10.8 Å². The fourth-order valence-corrected chi connectivity index (χ4v) is 4.51. The smallest absolute Gasteiger partial charge is 0.296 e. The van der Waals surface area contributed by atoms with E-state index in [4.69, 9.17) is 4.74 Å². The highest BCUT2D eigenvalue weighted by Gasteiger charge is 2.59. The van der Waals surface area contributed by atoms with E-state index in [-0.39, 0.29) is 59.8 Å². The van der Waals surface area contributed by atoms with Crippen LogP contribution in [-0.4, -0.2) is 41.2 Å². The molecule has 4 rings (SSSR count). The van der Waals surface area contributed by atoms with Gasteiger partial charge in [0.25, 0.3) is 5.69 Å². The first kappa shape index (κ1) is 18.1. The number of allylic oxidation sites excluding steroid dienone is 2. The predicted molar refractivity (Wildman–Crippen MR) is 97.3 cm³/mol. The Morgan fingerprint density at radius 1 is 1.25 bits per heavy atom. The highest BCUT2D eigenvalue weighted by Crippen LogP contribution is 2.52. The Hall–Kier alpha value is -3.23. The van der Waals surface area contributed by atoms with E-state index in [0.717, 1.165) is 6.42 Å².